The summed E-state index contributed by atoms with van der Waals surface area (Å²) in [6.45, 7) is 0. The van der Waals surface area contributed by atoms with Crippen LogP contribution in [0.2, 0.25) is 0 Å². The fourth-order valence-electron chi connectivity index (χ4n) is 3.04. The molecule has 1 aromatic carbocycles. The molecule has 3 nitrogen and oxygen atoms in total. The summed E-state index contributed by atoms with van der Waals surface area (Å²) in [7, 11) is 0. The second kappa shape index (κ2) is 3.59. The number of hydrogen-bond donors (Lipinski definition) is 0. The molecule has 2 aliphatic rings. The maximum Gasteiger partial charge on any atom is 0.212 e. The van der Waals surface area contributed by atoms with Crippen molar-refractivity contribution in [3.8, 4) is 0 Å². The van der Waals surface area contributed by atoms with Crippen molar-refractivity contribution in [3.05, 3.63) is 40.6 Å². The summed E-state index contributed by atoms with van der Waals surface area (Å²) >= 11 is 0. The average molecular weight is 216 g/mol. The number of fused-ring (bicyclic) bond motifs is 3. The van der Waals surface area contributed by atoms with Gasteiger partial charge in [-0.05, 0) is 30.4 Å². The molecule has 0 spiro atoms. The monoisotopic (exact) mass is 216 g/mol. The van der Waals surface area contributed by atoms with E-state index in [4.69, 9.17) is 0 Å². The second-order valence-corrected chi connectivity index (χ2v) is 4.67. The Balaban J connectivity index is 1.99. The standard InChI is InChI=1S/C13H14NO2/c15-13-8-6-11-10-4-2-1-3-9(10)5-7-12(11)14(13)16/h1-4,11-12H,5-8H2/q-1. The van der Waals surface area contributed by atoms with Gasteiger partial charge in [-0.1, -0.05) is 24.3 Å². The van der Waals surface area contributed by atoms with Crippen LogP contribution in [-0.4, -0.2) is 17.0 Å². The lowest BCUT2D eigenvalue weighted by Gasteiger charge is -2.48. The molecular formula is C13H14NO2-. The Bertz CT molecular complexity index is 430. The van der Waals surface area contributed by atoms with Gasteiger partial charge in [0.05, 0.1) is 0 Å². The van der Waals surface area contributed by atoms with Gasteiger partial charge in [0.15, 0.2) is 0 Å². The highest BCUT2D eigenvalue weighted by Crippen LogP contribution is 2.40. The summed E-state index contributed by atoms with van der Waals surface area (Å²) in [6, 6.07) is 8.19. The lowest BCUT2D eigenvalue weighted by Crippen LogP contribution is -2.46. The SMILES string of the molecule is O=C1CCC2c3ccccc3CCC2N1[O-]. The van der Waals surface area contributed by atoms with Crippen LogP contribution in [0.5, 0.6) is 0 Å². The topological polar surface area (TPSA) is 43.4 Å². The quantitative estimate of drug-likeness (QED) is 0.667. The van der Waals surface area contributed by atoms with E-state index in [9.17, 15) is 10.0 Å². The minimum Gasteiger partial charge on any atom is -0.756 e. The van der Waals surface area contributed by atoms with E-state index in [1.807, 2.05) is 12.1 Å². The van der Waals surface area contributed by atoms with Crippen molar-refractivity contribution in [2.45, 2.75) is 37.6 Å². The number of carbonyl (C=O) groups is 1. The number of hydrogen-bond acceptors (Lipinski definition) is 2. The van der Waals surface area contributed by atoms with Gasteiger partial charge in [0.1, 0.15) is 0 Å². The van der Waals surface area contributed by atoms with Gasteiger partial charge in [-0.15, -0.1) is 0 Å². The first kappa shape index (κ1) is 9.85. The fourth-order valence-corrected chi connectivity index (χ4v) is 3.04. The van der Waals surface area contributed by atoms with Crippen molar-refractivity contribution >= 4 is 5.91 Å². The molecule has 2 unspecified atom stereocenters. The van der Waals surface area contributed by atoms with Crippen LogP contribution in [-0.2, 0) is 11.2 Å². The lowest BCUT2D eigenvalue weighted by molar-refractivity contribution is -0.134. The van der Waals surface area contributed by atoms with Crippen molar-refractivity contribution in [1.82, 2.24) is 5.06 Å². The zero-order valence-corrected chi connectivity index (χ0v) is 9.06. The molecule has 1 aromatic rings. The minimum absolute atomic E-state index is 0.115. The van der Waals surface area contributed by atoms with Crippen LogP contribution in [0.3, 0.4) is 0 Å². The van der Waals surface area contributed by atoms with Crippen molar-refractivity contribution < 1.29 is 4.79 Å². The summed E-state index contributed by atoms with van der Waals surface area (Å²) < 4.78 is 0. The summed E-state index contributed by atoms with van der Waals surface area (Å²) in [4.78, 5) is 11.4. The third kappa shape index (κ3) is 1.35. The Kier molecular flexibility index (Phi) is 2.21. The molecule has 0 saturated carbocycles. The van der Waals surface area contributed by atoms with Crippen molar-refractivity contribution in [2.75, 3.05) is 0 Å². The highest BCUT2D eigenvalue weighted by Gasteiger charge is 2.35. The molecule has 84 valence electrons. The largest absolute Gasteiger partial charge is 0.756 e. The van der Waals surface area contributed by atoms with Crippen molar-refractivity contribution in [3.63, 3.8) is 0 Å². The Morgan fingerprint density at radius 2 is 2.00 bits per heavy atom. The Morgan fingerprint density at radius 3 is 2.88 bits per heavy atom. The van der Waals surface area contributed by atoms with E-state index in [2.05, 4.69) is 12.1 Å². The predicted octanol–water partition coefficient (Wildman–Crippen LogP) is 2.21. The first-order valence-electron chi connectivity index (χ1n) is 5.84. The van der Waals surface area contributed by atoms with Crippen LogP contribution in [0.25, 0.3) is 0 Å². The van der Waals surface area contributed by atoms with Gasteiger partial charge >= 0.3 is 0 Å². The summed E-state index contributed by atoms with van der Waals surface area (Å²) in [5, 5.41) is 12.5. The summed E-state index contributed by atoms with van der Waals surface area (Å²) in [5.41, 5.74) is 2.64. The van der Waals surface area contributed by atoms with E-state index in [1.165, 1.54) is 11.1 Å². The van der Waals surface area contributed by atoms with Gasteiger partial charge in [-0.2, -0.15) is 0 Å². The van der Waals surface area contributed by atoms with E-state index < -0.39 is 0 Å². The van der Waals surface area contributed by atoms with Gasteiger partial charge < -0.3 is 10.3 Å². The van der Waals surface area contributed by atoms with Crippen LogP contribution in [0.4, 0.5) is 0 Å². The number of nitrogens with zero attached hydrogens (tertiary/aromatic N) is 1. The molecular weight excluding hydrogens is 202 g/mol. The average Bonchev–Trinajstić information content (AvgIpc) is 2.33. The molecule has 1 aliphatic heterocycles. The van der Waals surface area contributed by atoms with E-state index in [1.54, 1.807) is 0 Å². The first-order valence-corrected chi connectivity index (χ1v) is 5.84. The molecule has 1 heterocycles. The van der Waals surface area contributed by atoms with Crippen LogP contribution in [0, 0.1) is 5.21 Å². The number of rotatable bonds is 0. The smallest absolute Gasteiger partial charge is 0.212 e. The van der Waals surface area contributed by atoms with E-state index in [0.29, 0.717) is 6.42 Å². The molecule has 2 atom stereocenters. The third-order valence-electron chi connectivity index (χ3n) is 3.84. The summed E-state index contributed by atoms with van der Waals surface area (Å²) in [6.07, 6.45) is 2.97. The second-order valence-electron chi connectivity index (χ2n) is 4.67. The molecule has 1 amide bonds. The van der Waals surface area contributed by atoms with Gasteiger partial charge in [0.2, 0.25) is 5.91 Å². The third-order valence-corrected chi connectivity index (χ3v) is 3.84. The van der Waals surface area contributed by atoms with Crippen LogP contribution in [0.15, 0.2) is 24.3 Å². The Labute approximate surface area is 94.6 Å². The highest BCUT2D eigenvalue weighted by molar-refractivity contribution is 5.78. The number of carbonyl (C=O) groups excluding carboxylic acids is 1. The molecule has 1 aliphatic carbocycles. The predicted molar refractivity (Wildman–Crippen MR) is 60.7 cm³/mol. The van der Waals surface area contributed by atoms with E-state index in [0.717, 1.165) is 24.3 Å². The number of hydroxylamine groups is 2. The van der Waals surface area contributed by atoms with Crippen LogP contribution in [0.1, 0.15) is 36.3 Å². The first-order chi connectivity index (χ1) is 7.77. The van der Waals surface area contributed by atoms with Crippen molar-refractivity contribution in [1.29, 1.82) is 0 Å². The highest BCUT2D eigenvalue weighted by atomic mass is 16.5. The zero-order chi connectivity index (χ0) is 11.1. The number of aryl methyl sites for hydroxylation is 1. The summed E-state index contributed by atoms with van der Waals surface area (Å²) in [5.74, 6) is 0.0285. The zero-order valence-electron chi connectivity index (χ0n) is 9.06. The fraction of sp³-hybridized carbons (Fsp3) is 0.462. The van der Waals surface area contributed by atoms with Crippen molar-refractivity contribution in [2.24, 2.45) is 0 Å². The normalized spacial score (nSPS) is 28.6. The van der Waals surface area contributed by atoms with Gasteiger partial charge in [0, 0.05) is 18.4 Å². The molecule has 0 aromatic heterocycles. The maximum absolute atomic E-state index is 11.7. The van der Waals surface area contributed by atoms with Crippen LogP contribution >= 0.6 is 0 Å². The molecule has 0 N–H and O–H groups in total. The molecule has 16 heavy (non-hydrogen) atoms. The maximum atomic E-state index is 11.7. The Morgan fingerprint density at radius 1 is 1.19 bits per heavy atom. The lowest BCUT2D eigenvalue weighted by atomic mass is 9.75. The van der Waals surface area contributed by atoms with Gasteiger partial charge in [-0.25, -0.2) is 0 Å². The molecule has 0 radical (unpaired) electrons. The number of piperidine rings is 1. The molecule has 3 heteroatoms. The Hall–Kier alpha value is -1.35. The van der Waals surface area contributed by atoms with Gasteiger partial charge in [-0.3, -0.25) is 4.79 Å². The van der Waals surface area contributed by atoms with Gasteiger partial charge in [0.25, 0.3) is 0 Å². The molecule has 3 rings (SSSR count). The van der Waals surface area contributed by atoms with E-state index >= 15 is 0 Å². The van der Waals surface area contributed by atoms with Crippen LogP contribution < -0.4 is 0 Å². The molecule has 1 fully saturated rings. The number of benzene rings is 1. The number of amides is 1. The van der Waals surface area contributed by atoms with E-state index in [-0.39, 0.29) is 17.9 Å². The molecule has 0 bridgehead atoms. The minimum atomic E-state index is -0.236. The molecule has 1 saturated heterocycles.